The minimum absolute atomic E-state index is 0.0407. The number of aliphatic hydroxyl groups is 1. The molecule has 0 radical (unpaired) electrons. The lowest BCUT2D eigenvalue weighted by molar-refractivity contribution is -0.140. The highest BCUT2D eigenvalue weighted by Gasteiger charge is 2.45. The van der Waals surface area contributed by atoms with Crippen LogP contribution >= 0.6 is 15.9 Å². The Bertz CT molecular complexity index is 990. The third-order valence-corrected chi connectivity index (χ3v) is 5.52. The summed E-state index contributed by atoms with van der Waals surface area (Å²) >= 11 is 3.36. The number of ether oxygens (including phenoxy) is 2. The highest BCUT2D eigenvalue weighted by atomic mass is 79.9. The highest BCUT2D eigenvalue weighted by Crippen LogP contribution is 2.40. The molecule has 0 saturated carbocycles. The van der Waals surface area contributed by atoms with Crippen LogP contribution in [0.25, 0.3) is 5.76 Å². The Morgan fingerprint density at radius 2 is 1.87 bits per heavy atom. The molecule has 1 unspecified atom stereocenters. The summed E-state index contributed by atoms with van der Waals surface area (Å²) in [6.07, 6.45) is 0.509. The number of methoxy groups -OCH3 is 2. The zero-order chi connectivity index (χ0) is 21.8. The van der Waals surface area contributed by atoms with Gasteiger partial charge in [-0.05, 0) is 58.2 Å². The number of ketones is 1. The van der Waals surface area contributed by atoms with E-state index in [0.29, 0.717) is 34.4 Å². The van der Waals surface area contributed by atoms with Gasteiger partial charge in [-0.25, -0.2) is 4.39 Å². The summed E-state index contributed by atoms with van der Waals surface area (Å²) in [6, 6.07) is 9.54. The molecular formula is C22H21BrFNO5. The molecule has 1 aliphatic rings. The van der Waals surface area contributed by atoms with Crippen molar-refractivity contribution >= 4 is 33.4 Å². The fourth-order valence-electron chi connectivity index (χ4n) is 3.45. The Morgan fingerprint density at radius 3 is 2.47 bits per heavy atom. The molecule has 0 spiro atoms. The van der Waals surface area contributed by atoms with Crippen LogP contribution in [0, 0.1) is 5.82 Å². The monoisotopic (exact) mass is 477 g/mol. The van der Waals surface area contributed by atoms with Gasteiger partial charge in [0.15, 0.2) is 0 Å². The Kier molecular flexibility index (Phi) is 6.89. The molecule has 1 amide bonds. The van der Waals surface area contributed by atoms with E-state index >= 15 is 0 Å². The number of nitrogens with zero attached hydrogens (tertiary/aromatic N) is 1. The van der Waals surface area contributed by atoms with Gasteiger partial charge in [0.05, 0.1) is 23.2 Å². The Morgan fingerprint density at radius 1 is 1.17 bits per heavy atom. The van der Waals surface area contributed by atoms with E-state index in [-0.39, 0.29) is 17.9 Å². The van der Waals surface area contributed by atoms with Gasteiger partial charge in [-0.3, -0.25) is 9.59 Å². The quantitative estimate of drug-likeness (QED) is 0.281. The van der Waals surface area contributed by atoms with Crippen LogP contribution in [0.3, 0.4) is 0 Å². The van der Waals surface area contributed by atoms with Crippen LogP contribution in [-0.2, 0) is 14.3 Å². The molecule has 1 heterocycles. The van der Waals surface area contributed by atoms with Crippen molar-refractivity contribution in [3.05, 3.63) is 69.5 Å². The van der Waals surface area contributed by atoms with Gasteiger partial charge in [-0.15, -0.1) is 0 Å². The lowest BCUT2D eigenvalue weighted by Crippen LogP contribution is -2.31. The van der Waals surface area contributed by atoms with E-state index in [1.165, 1.54) is 36.3 Å². The number of Topliss-reactive ketones (excluding diaryl/α,β-unsaturated/α-hetero) is 1. The van der Waals surface area contributed by atoms with E-state index in [2.05, 4.69) is 15.9 Å². The molecule has 0 aromatic heterocycles. The molecule has 6 nitrogen and oxygen atoms in total. The molecule has 1 saturated heterocycles. The average Bonchev–Trinajstić information content (AvgIpc) is 2.99. The number of benzene rings is 2. The van der Waals surface area contributed by atoms with E-state index in [0.717, 1.165) is 0 Å². The fourth-order valence-corrected chi connectivity index (χ4v) is 3.99. The molecule has 8 heteroatoms. The zero-order valence-electron chi connectivity index (χ0n) is 16.5. The van der Waals surface area contributed by atoms with Gasteiger partial charge in [0.2, 0.25) is 0 Å². The molecule has 3 rings (SSSR count). The number of likely N-dealkylation sites (tertiary alicyclic amines) is 1. The van der Waals surface area contributed by atoms with E-state index in [4.69, 9.17) is 9.47 Å². The first-order chi connectivity index (χ1) is 14.4. The minimum atomic E-state index is -0.830. The molecule has 30 heavy (non-hydrogen) atoms. The fraction of sp³-hybridized carbons (Fsp3) is 0.273. The predicted molar refractivity (Wildman–Crippen MR) is 113 cm³/mol. The van der Waals surface area contributed by atoms with Crippen molar-refractivity contribution in [3.8, 4) is 5.75 Å². The van der Waals surface area contributed by atoms with Gasteiger partial charge >= 0.3 is 0 Å². The number of halogens is 2. The maximum absolute atomic E-state index is 13.5. The number of rotatable bonds is 7. The lowest BCUT2D eigenvalue weighted by atomic mass is 9.95. The number of amides is 1. The third kappa shape index (κ3) is 4.24. The van der Waals surface area contributed by atoms with E-state index in [1.54, 1.807) is 25.3 Å². The zero-order valence-corrected chi connectivity index (χ0v) is 18.1. The highest BCUT2D eigenvalue weighted by molar-refractivity contribution is 9.10. The van der Waals surface area contributed by atoms with Crippen molar-refractivity contribution < 1.29 is 28.6 Å². The normalized spacial score (nSPS) is 18.1. The molecule has 1 N–H and O–H groups in total. The number of hydrogen-bond donors (Lipinski definition) is 1. The Labute approximate surface area is 182 Å². The minimum Gasteiger partial charge on any atom is -0.507 e. The molecular weight excluding hydrogens is 457 g/mol. The predicted octanol–water partition coefficient (Wildman–Crippen LogP) is 4.06. The second kappa shape index (κ2) is 9.40. The first kappa shape index (κ1) is 22.0. The second-order valence-electron chi connectivity index (χ2n) is 6.74. The molecule has 2 aromatic carbocycles. The maximum Gasteiger partial charge on any atom is 0.295 e. The van der Waals surface area contributed by atoms with Crippen molar-refractivity contribution in [3.63, 3.8) is 0 Å². The van der Waals surface area contributed by atoms with Crippen molar-refractivity contribution in [1.82, 2.24) is 4.90 Å². The maximum atomic E-state index is 13.5. The van der Waals surface area contributed by atoms with Gasteiger partial charge in [0.25, 0.3) is 11.7 Å². The van der Waals surface area contributed by atoms with Crippen molar-refractivity contribution in [2.24, 2.45) is 0 Å². The Hall–Kier alpha value is -2.71. The molecule has 0 bridgehead atoms. The molecule has 158 valence electrons. The van der Waals surface area contributed by atoms with Gasteiger partial charge in [-0.2, -0.15) is 0 Å². The van der Waals surface area contributed by atoms with Crippen LogP contribution in [0.2, 0.25) is 0 Å². The summed E-state index contributed by atoms with van der Waals surface area (Å²) in [5, 5.41) is 11.0. The van der Waals surface area contributed by atoms with Crippen molar-refractivity contribution in [2.45, 2.75) is 12.5 Å². The Balaban J connectivity index is 2.12. The third-order valence-electron chi connectivity index (χ3n) is 4.90. The molecule has 1 atom stereocenters. The first-order valence-electron chi connectivity index (χ1n) is 9.25. The number of carbonyl (C=O) groups is 2. The van der Waals surface area contributed by atoms with Crippen LogP contribution in [-0.4, -0.2) is 49.1 Å². The standard InChI is InChI=1S/C22H21BrFNO5/c1-29-11-3-10-25-19(13-4-7-15(24)8-5-13)18(21(27)22(25)28)20(26)14-6-9-17(30-2)16(23)12-14/h4-9,12,19,26H,3,10-11H2,1-2H3/b20-18-. The smallest absolute Gasteiger partial charge is 0.295 e. The van der Waals surface area contributed by atoms with Crippen LogP contribution < -0.4 is 4.74 Å². The SMILES string of the molecule is COCCCN1C(=O)C(=O)/C(=C(\O)c2ccc(OC)c(Br)c2)C1c1ccc(F)cc1. The van der Waals surface area contributed by atoms with Gasteiger partial charge in [-0.1, -0.05) is 12.1 Å². The summed E-state index contributed by atoms with van der Waals surface area (Å²) in [6.45, 7) is 0.661. The van der Waals surface area contributed by atoms with Crippen LogP contribution in [0.15, 0.2) is 52.5 Å². The van der Waals surface area contributed by atoms with E-state index in [9.17, 15) is 19.1 Å². The largest absolute Gasteiger partial charge is 0.507 e. The number of aliphatic hydroxyl groups excluding tert-OH is 1. The molecule has 1 aliphatic heterocycles. The average molecular weight is 478 g/mol. The van der Waals surface area contributed by atoms with Crippen LogP contribution in [0.4, 0.5) is 4.39 Å². The van der Waals surface area contributed by atoms with E-state index in [1.807, 2.05) is 0 Å². The molecule has 0 aliphatic carbocycles. The van der Waals surface area contributed by atoms with E-state index < -0.39 is 23.5 Å². The first-order valence-corrected chi connectivity index (χ1v) is 10.0. The molecule has 1 fully saturated rings. The lowest BCUT2D eigenvalue weighted by Gasteiger charge is -2.25. The second-order valence-corrected chi connectivity index (χ2v) is 7.59. The number of carbonyl (C=O) groups excluding carboxylic acids is 2. The van der Waals surface area contributed by atoms with Gasteiger partial charge in [0, 0.05) is 25.8 Å². The van der Waals surface area contributed by atoms with Gasteiger partial charge < -0.3 is 19.5 Å². The topological polar surface area (TPSA) is 76.1 Å². The number of hydrogen-bond acceptors (Lipinski definition) is 5. The van der Waals surface area contributed by atoms with Crippen molar-refractivity contribution in [2.75, 3.05) is 27.4 Å². The molecule has 2 aromatic rings. The summed E-state index contributed by atoms with van der Waals surface area (Å²) in [5.74, 6) is -1.68. The summed E-state index contributed by atoms with van der Waals surface area (Å²) in [4.78, 5) is 27.0. The summed E-state index contributed by atoms with van der Waals surface area (Å²) in [5.41, 5.74) is 0.841. The van der Waals surface area contributed by atoms with Crippen LogP contribution in [0.5, 0.6) is 5.75 Å². The summed E-state index contributed by atoms with van der Waals surface area (Å²) < 4.78 is 24.3. The van der Waals surface area contributed by atoms with Gasteiger partial charge in [0.1, 0.15) is 17.3 Å². The van der Waals surface area contributed by atoms with Crippen LogP contribution in [0.1, 0.15) is 23.6 Å². The summed E-state index contributed by atoms with van der Waals surface area (Å²) in [7, 11) is 3.06. The van der Waals surface area contributed by atoms with Crippen molar-refractivity contribution in [1.29, 1.82) is 0 Å².